The first kappa shape index (κ1) is 53.1. The molecule has 0 aliphatic rings. The number of rotatable bonds is 41. The lowest BCUT2D eigenvalue weighted by molar-refractivity contribution is -0.167. The van der Waals surface area contributed by atoms with Crippen molar-refractivity contribution in [3.8, 4) is 0 Å². The molecule has 322 valence electrons. The topological polar surface area (TPSA) is 78.9 Å². The van der Waals surface area contributed by atoms with Gasteiger partial charge in [-0.05, 0) is 89.9 Å². The summed E-state index contributed by atoms with van der Waals surface area (Å²) in [6, 6.07) is 0. The molecule has 1 atom stereocenters. The molecule has 0 aliphatic heterocycles. The Labute approximate surface area is 345 Å². The predicted molar refractivity (Wildman–Crippen MR) is 238 cm³/mol. The third-order valence-electron chi connectivity index (χ3n) is 9.74. The molecule has 0 spiro atoms. The fourth-order valence-electron chi connectivity index (χ4n) is 6.13. The Balaban J connectivity index is 4.39. The molecule has 0 saturated carbocycles. The standard InChI is InChI=1S/C50H86O6/c1-4-7-10-13-16-19-22-23-24-25-26-27-29-31-34-37-40-43-49(52)55-46-47(45-54-48(51)42-39-36-33-30-21-18-15-12-9-6-3)56-50(53)44-41-38-35-32-28-20-17-14-11-8-5-2/h14-20,23-24,28,47H,4-13,21-22,25-27,29-46H2,1-3H3/b17-14-,18-15-,19-16-,24-23-,28-20-. The van der Waals surface area contributed by atoms with Crippen LogP contribution in [0.2, 0.25) is 0 Å². The van der Waals surface area contributed by atoms with Crippen molar-refractivity contribution in [2.24, 2.45) is 0 Å². The Morgan fingerprint density at radius 1 is 0.375 bits per heavy atom. The fourth-order valence-corrected chi connectivity index (χ4v) is 6.13. The van der Waals surface area contributed by atoms with Crippen LogP contribution in [0.5, 0.6) is 0 Å². The number of unbranched alkanes of at least 4 members (excludes halogenated alkanes) is 21. The Bertz CT molecular complexity index is 1040. The minimum Gasteiger partial charge on any atom is -0.462 e. The molecule has 0 aromatic heterocycles. The summed E-state index contributed by atoms with van der Waals surface area (Å²) >= 11 is 0. The lowest BCUT2D eigenvalue weighted by atomic mass is 10.1. The monoisotopic (exact) mass is 783 g/mol. The molecule has 0 fully saturated rings. The molecule has 0 aromatic rings. The summed E-state index contributed by atoms with van der Waals surface area (Å²) in [6.07, 6.45) is 53.5. The minimum atomic E-state index is -0.792. The molecule has 56 heavy (non-hydrogen) atoms. The first-order valence-electron chi connectivity index (χ1n) is 23.3. The third-order valence-corrected chi connectivity index (χ3v) is 9.74. The van der Waals surface area contributed by atoms with Crippen LogP contribution in [0.3, 0.4) is 0 Å². The summed E-state index contributed by atoms with van der Waals surface area (Å²) in [5.74, 6) is -0.947. The molecule has 0 amide bonds. The third kappa shape index (κ3) is 42.3. The second kappa shape index (κ2) is 44.8. The maximum absolute atomic E-state index is 12.7. The van der Waals surface area contributed by atoms with E-state index in [1.54, 1.807) is 0 Å². The molecule has 0 aliphatic carbocycles. The van der Waals surface area contributed by atoms with Crippen molar-refractivity contribution in [3.05, 3.63) is 60.8 Å². The lowest BCUT2D eigenvalue weighted by Gasteiger charge is -2.18. The summed E-state index contributed by atoms with van der Waals surface area (Å²) in [5.41, 5.74) is 0. The number of allylic oxidation sites excluding steroid dienone is 10. The molecule has 0 N–H and O–H groups in total. The fraction of sp³-hybridized carbons (Fsp3) is 0.740. The van der Waals surface area contributed by atoms with Gasteiger partial charge in [0.15, 0.2) is 6.10 Å². The van der Waals surface area contributed by atoms with Gasteiger partial charge in [0, 0.05) is 19.3 Å². The first-order valence-corrected chi connectivity index (χ1v) is 23.3. The highest BCUT2D eigenvalue weighted by Crippen LogP contribution is 2.13. The molecule has 0 heterocycles. The van der Waals surface area contributed by atoms with Gasteiger partial charge < -0.3 is 14.2 Å². The molecule has 0 radical (unpaired) electrons. The van der Waals surface area contributed by atoms with Crippen molar-refractivity contribution in [2.45, 2.75) is 226 Å². The van der Waals surface area contributed by atoms with Crippen LogP contribution in [0.1, 0.15) is 220 Å². The molecule has 0 rings (SSSR count). The van der Waals surface area contributed by atoms with Gasteiger partial charge in [-0.15, -0.1) is 0 Å². The van der Waals surface area contributed by atoms with E-state index in [9.17, 15) is 14.4 Å². The van der Waals surface area contributed by atoms with Crippen molar-refractivity contribution < 1.29 is 28.6 Å². The van der Waals surface area contributed by atoms with Crippen LogP contribution < -0.4 is 0 Å². The minimum absolute atomic E-state index is 0.0934. The molecule has 0 bridgehead atoms. The van der Waals surface area contributed by atoms with E-state index in [2.05, 4.69) is 81.5 Å². The van der Waals surface area contributed by atoms with E-state index in [0.29, 0.717) is 19.3 Å². The Hall–Kier alpha value is -2.89. The zero-order chi connectivity index (χ0) is 40.8. The van der Waals surface area contributed by atoms with Gasteiger partial charge in [-0.1, -0.05) is 171 Å². The zero-order valence-corrected chi connectivity index (χ0v) is 36.6. The van der Waals surface area contributed by atoms with Crippen molar-refractivity contribution in [1.82, 2.24) is 0 Å². The molecule has 6 heteroatoms. The highest BCUT2D eigenvalue weighted by atomic mass is 16.6. The number of carbonyl (C=O) groups excluding carboxylic acids is 3. The van der Waals surface area contributed by atoms with Crippen molar-refractivity contribution in [2.75, 3.05) is 13.2 Å². The van der Waals surface area contributed by atoms with Gasteiger partial charge in [0.1, 0.15) is 13.2 Å². The average Bonchev–Trinajstić information content (AvgIpc) is 3.19. The van der Waals surface area contributed by atoms with Gasteiger partial charge in [-0.3, -0.25) is 14.4 Å². The summed E-state index contributed by atoms with van der Waals surface area (Å²) in [6.45, 7) is 6.46. The van der Waals surface area contributed by atoms with E-state index in [-0.39, 0.29) is 31.1 Å². The Morgan fingerprint density at radius 2 is 0.714 bits per heavy atom. The van der Waals surface area contributed by atoms with E-state index >= 15 is 0 Å². The van der Waals surface area contributed by atoms with Gasteiger partial charge in [-0.25, -0.2) is 0 Å². The van der Waals surface area contributed by atoms with Crippen molar-refractivity contribution in [1.29, 1.82) is 0 Å². The van der Waals surface area contributed by atoms with Crippen LogP contribution >= 0.6 is 0 Å². The average molecular weight is 783 g/mol. The maximum Gasteiger partial charge on any atom is 0.306 e. The maximum atomic E-state index is 12.7. The molecule has 1 unspecified atom stereocenters. The quantitative estimate of drug-likeness (QED) is 0.0202. The van der Waals surface area contributed by atoms with Crippen LogP contribution in [0.15, 0.2) is 60.8 Å². The van der Waals surface area contributed by atoms with E-state index in [0.717, 1.165) is 103 Å². The van der Waals surface area contributed by atoms with Crippen LogP contribution in [0.25, 0.3) is 0 Å². The van der Waals surface area contributed by atoms with E-state index in [1.165, 1.54) is 77.0 Å². The number of hydrogen-bond donors (Lipinski definition) is 0. The van der Waals surface area contributed by atoms with Gasteiger partial charge in [-0.2, -0.15) is 0 Å². The van der Waals surface area contributed by atoms with Gasteiger partial charge in [0.05, 0.1) is 0 Å². The van der Waals surface area contributed by atoms with Crippen molar-refractivity contribution >= 4 is 17.9 Å². The first-order chi connectivity index (χ1) is 27.5. The molecular formula is C50H86O6. The summed E-state index contributed by atoms with van der Waals surface area (Å²) in [4.78, 5) is 37.7. The molecule has 0 saturated heterocycles. The van der Waals surface area contributed by atoms with Gasteiger partial charge in [0.25, 0.3) is 0 Å². The molecule has 0 aromatic carbocycles. The highest BCUT2D eigenvalue weighted by molar-refractivity contribution is 5.71. The SMILES string of the molecule is CCCC/C=C\C=C/CCCCCC(=O)OC(COC(=O)CCCCCC/C=C\CCCC)COC(=O)CCCCCCCCC/C=C\C/C=C\CCCCC. The Morgan fingerprint density at radius 3 is 1.20 bits per heavy atom. The van der Waals surface area contributed by atoms with Crippen molar-refractivity contribution in [3.63, 3.8) is 0 Å². The van der Waals surface area contributed by atoms with E-state index in [4.69, 9.17) is 14.2 Å². The number of esters is 3. The molecular weight excluding hydrogens is 697 g/mol. The summed E-state index contributed by atoms with van der Waals surface area (Å²) in [5, 5.41) is 0. The van der Waals surface area contributed by atoms with Crippen LogP contribution in [-0.4, -0.2) is 37.2 Å². The Kier molecular flexibility index (Phi) is 42.5. The molecule has 6 nitrogen and oxygen atoms in total. The number of carbonyl (C=O) groups is 3. The normalized spacial score (nSPS) is 12.6. The summed E-state index contributed by atoms with van der Waals surface area (Å²) in [7, 11) is 0. The number of hydrogen-bond acceptors (Lipinski definition) is 6. The van der Waals surface area contributed by atoms with Gasteiger partial charge >= 0.3 is 17.9 Å². The predicted octanol–water partition coefficient (Wildman–Crippen LogP) is 14.9. The van der Waals surface area contributed by atoms with Crippen LogP contribution in [0.4, 0.5) is 0 Å². The lowest BCUT2D eigenvalue weighted by Crippen LogP contribution is -2.30. The van der Waals surface area contributed by atoms with E-state index in [1.807, 2.05) is 0 Å². The van der Waals surface area contributed by atoms with E-state index < -0.39 is 6.10 Å². The second-order valence-electron chi connectivity index (χ2n) is 15.3. The van der Waals surface area contributed by atoms with Crippen LogP contribution in [0, 0.1) is 0 Å². The van der Waals surface area contributed by atoms with Gasteiger partial charge in [0.2, 0.25) is 0 Å². The van der Waals surface area contributed by atoms with Crippen LogP contribution in [-0.2, 0) is 28.6 Å². The second-order valence-corrected chi connectivity index (χ2v) is 15.3. The highest BCUT2D eigenvalue weighted by Gasteiger charge is 2.19. The zero-order valence-electron chi connectivity index (χ0n) is 36.6. The summed E-state index contributed by atoms with van der Waals surface area (Å²) < 4.78 is 16.7. The smallest absolute Gasteiger partial charge is 0.306 e. The largest absolute Gasteiger partial charge is 0.462 e. The number of ether oxygens (including phenoxy) is 3.